The van der Waals surface area contributed by atoms with Crippen LogP contribution in [0.5, 0.6) is 0 Å². The highest BCUT2D eigenvalue weighted by atomic mass is 14.3. The summed E-state index contributed by atoms with van der Waals surface area (Å²) < 4.78 is 0. The molecule has 0 saturated carbocycles. The Bertz CT molecular complexity index is 899. The molecule has 0 aliphatic carbocycles. The lowest BCUT2D eigenvalue weighted by Crippen LogP contribution is -2.11. The summed E-state index contributed by atoms with van der Waals surface area (Å²) in [4.78, 5) is 0. The minimum Gasteiger partial charge on any atom is -0.0654 e. The Morgan fingerprint density at radius 1 is 0.382 bits per heavy atom. The maximum atomic E-state index is 2.34. The van der Waals surface area contributed by atoms with E-state index in [1.54, 1.807) is 22.3 Å². The van der Waals surface area contributed by atoms with Crippen molar-refractivity contribution in [2.24, 2.45) is 0 Å². The lowest BCUT2D eigenvalue weighted by atomic mass is 9.76. The van der Waals surface area contributed by atoms with Crippen LogP contribution in [-0.2, 0) is 25.7 Å². The van der Waals surface area contributed by atoms with E-state index in [9.17, 15) is 0 Å². The summed E-state index contributed by atoms with van der Waals surface area (Å²) in [5.74, 6) is 0. The van der Waals surface area contributed by atoms with Gasteiger partial charge in [-0.3, -0.25) is 0 Å². The third-order valence-electron chi connectivity index (χ3n) is 7.19. The second-order valence-corrected chi connectivity index (χ2v) is 9.81. The lowest BCUT2D eigenvalue weighted by Gasteiger charge is -2.28. The largest absolute Gasteiger partial charge is 0.0654 e. The van der Waals surface area contributed by atoms with Gasteiger partial charge in [-0.1, -0.05) is 114 Å². The highest BCUT2D eigenvalue weighted by molar-refractivity contribution is 5.90. The van der Waals surface area contributed by atoms with E-state index in [0.717, 1.165) is 0 Å². The Balaban J connectivity index is 2.45. The van der Waals surface area contributed by atoms with Crippen molar-refractivity contribution in [2.45, 2.75) is 105 Å². The summed E-state index contributed by atoms with van der Waals surface area (Å²) in [6, 6.07) is 22.6. The summed E-state index contributed by atoms with van der Waals surface area (Å²) in [5.41, 5.74) is 12.5. The molecule has 0 heterocycles. The Kier molecular flexibility index (Phi) is 10.9. The average molecular weight is 455 g/mol. The minimum atomic E-state index is 1.19. The monoisotopic (exact) mass is 454 g/mol. The van der Waals surface area contributed by atoms with E-state index >= 15 is 0 Å². The normalized spacial score (nSPS) is 11.2. The maximum absolute atomic E-state index is 2.34. The van der Waals surface area contributed by atoms with Gasteiger partial charge in [0.25, 0.3) is 0 Å². The van der Waals surface area contributed by atoms with Crippen LogP contribution in [0.3, 0.4) is 0 Å². The summed E-state index contributed by atoms with van der Waals surface area (Å²) in [6.45, 7) is 9.34. The molecular weight excluding hydrogens is 408 g/mol. The van der Waals surface area contributed by atoms with Gasteiger partial charge < -0.3 is 0 Å². The van der Waals surface area contributed by atoms with E-state index in [0.29, 0.717) is 0 Å². The van der Waals surface area contributed by atoms with Crippen molar-refractivity contribution in [1.29, 1.82) is 0 Å². The number of rotatable bonds is 14. The second kappa shape index (κ2) is 14.1. The van der Waals surface area contributed by atoms with Crippen LogP contribution in [0.4, 0.5) is 0 Å². The van der Waals surface area contributed by atoms with Gasteiger partial charge in [-0.2, -0.15) is 0 Å². The molecule has 0 bridgehead atoms. The van der Waals surface area contributed by atoms with Crippen LogP contribution in [0.25, 0.3) is 22.3 Å². The Morgan fingerprint density at radius 2 is 0.676 bits per heavy atom. The van der Waals surface area contributed by atoms with Crippen LogP contribution in [-0.4, -0.2) is 0 Å². The lowest BCUT2D eigenvalue weighted by molar-refractivity contribution is 0.720. The fraction of sp³-hybridized carbons (Fsp3) is 0.471. The molecule has 0 nitrogen and oxygen atoms in total. The predicted octanol–water partition coefficient (Wildman–Crippen LogP) is 10.4. The fourth-order valence-electron chi connectivity index (χ4n) is 5.38. The topological polar surface area (TPSA) is 0 Å². The molecule has 3 aromatic rings. The van der Waals surface area contributed by atoms with Crippen LogP contribution >= 0.6 is 0 Å². The zero-order chi connectivity index (χ0) is 24.2. The van der Waals surface area contributed by atoms with E-state index in [2.05, 4.69) is 88.4 Å². The van der Waals surface area contributed by atoms with E-state index in [1.807, 2.05) is 0 Å². The van der Waals surface area contributed by atoms with Crippen molar-refractivity contribution in [2.75, 3.05) is 0 Å². The van der Waals surface area contributed by atoms with Gasteiger partial charge in [-0.15, -0.1) is 0 Å². The van der Waals surface area contributed by atoms with Crippen LogP contribution in [0.2, 0.25) is 0 Å². The van der Waals surface area contributed by atoms with Crippen LogP contribution in [0.1, 0.15) is 101 Å². The van der Waals surface area contributed by atoms with Crippen molar-refractivity contribution in [3.8, 4) is 22.3 Å². The van der Waals surface area contributed by atoms with E-state index in [1.165, 1.54) is 99.3 Å². The molecular formula is C34H46. The standard InChI is InChI=1S/C34H46/c1-5-9-23-29-30(24-10-6-2)32(26-12-8-4)34(28-21-17-14-18-22-28)33(31(29)25-11-7-3)27-19-15-13-16-20-27/h13-22H,5-12,23-26H2,1-4H3. The first-order chi connectivity index (χ1) is 16.8. The Labute approximate surface area is 209 Å². The van der Waals surface area contributed by atoms with Gasteiger partial charge in [-0.25, -0.2) is 0 Å². The number of hydrogen-bond donors (Lipinski definition) is 0. The third-order valence-corrected chi connectivity index (χ3v) is 7.19. The molecule has 0 aromatic heterocycles. The van der Waals surface area contributed by atoms with Crippen molar-refractivity contribution >= 4 is 0 Å². The molecule has 0 spiro atoms. The number of hydrogen-bond acceptors (Lipinski definition) is 0. The van der Waals surface area contributed by atoms with Gasteiger partial charge in [0, 0.05) is 0 Å². The molecule has 0 amide bonds. The SMILES string of the molecule is CCCCc1c(CCCC)c(CCCC)c(-c2ccccc2)c(-c2ccccc2)c1CCCC. The first-order valence-electron chi connectivity index (χ1n) is 14.1. The van der Waals surface area contributed by atoms with Gasteiger partial charge in [-0.05, 0) is 95.9 Å². The van der Waals surface area contributed by atoms with Gasteiger partial charge in [0.2, 0.25) is 0 Å². The molecule has 0 aliphatic heterocycles. The number of unbranched alkanes of at least 4 members (excludes halogenated alkanes) is 4. The first kappa shape index (κ1) is 26.3. The van der Waals surface area contributed by atoms with Gasteiger partial charge in [0.15, 0.2) is 0 Å². The zero-order valence-electron chi connectivity index (χ0n) is 22.3. The molecule has 3 rings (SSSR count). The maximum Gasteiger partial charge on any atom is -0.00676 e. The predicted molar refractivity (Wildman–Crippen MR) is 152 cm³/mol. The molecule has 34 heavy (non-hydrogen) atoms. The van der Waals surface area contributed by atoms with Gasteiger partial charge in [0.05, 0.1) is 0 Å². The molecule has 0 radical (unpaired) electrons. The molecule has 0 N–H and O–H groups in total. The van der Waals surface area contributed by atoms with E-state index in [-0.39, 0.29) is 0 Å². The van der Waals surface area contributed by atoms with Crippen LogP contribution < -0.4 is 0 Å². The van der Waals surface area contributed by atoms with Crippen LogP contribution in [0, 0.1) is 0 Å². The number of benzene rings is 3. The zero-order valence-corrected chi connectivity index (χ0v) is 22.3. The molecule has 0 fully saturated rings. The van der Waals surface area contributed by atoms with Crippen molar-refractivity contribution < 1.29 is 0 Å². The molecule has 182 valence electrons. The van der Waals surface area contributed by atoms with E-state index in [4.69, 9.17) is 0 Å². The molecule has 0 atom stereocenters. The van der Waals surface area contributed by atoms with E-state index < -0.39 is 0 Å². The summed E-state index contributed by atoms with van der Waals surface area (Å²) in [6.07, 6.45) is 14.9. The van der Waals surface area contributed by atoms with Crippen molar-refractivity contribution in [3.05, 3.63) is 82.9 Å². The average Bonchev–Trinajstić information content (AvgIpc) is 2.89. The molecule has 0 heteroatoms. The third kappa shape index (κ3) is 6.41. The van der Waals surface area contributed by atoms with Crippen LogP contribution in [0.15, 0.2) is 60.7 Å². The highest BCUT2D eigenvalue weighted by Crippen LogP contribution is 2.44. The molecule has 0 saturated heterocycles. The smallest absolute Gasteiger partial charge is 0.00676 e. The van der Waals surface area contributed by atoms with Crippen molar-refractivity contribution in [1.82, 2.24) is 0 Å². The Hall–Kier alpha value is -2.34. The fourth-order valence-corrected chi connectivity index (χ4v) is 5.38. The molecule has 3 aromatic carbocycles. The molecule has 0 unspecified atom stereocenters. The summed E-state index contributed by atoms with van der Waals surface area (Å²) in [5, 5.41) is 0. The van der Waals surface area contributed by atoms with Gasteiger partial charge in [0.1, 0.15) is 0 Å². The first-order valence-corrected chi connectivity index (χ1v) is 14.1. The Morgan fingerprint density at radius 3 is 0.971 bits per heavy atom. The molecule has 0 aliphatic rings. The summed E-state index contributed by atoms with van der Waals surface area (Å²) in [7, 11) is 0. The summed E-state index contributed by atoms with van der Waals surface area (Å²) >= 11 is 0. The second-order valence-electron chi connectivity index (χ2n) is 9.81. The van der Waals surface area contributed by atoms with Gasteiger partial charge >= 0.3 is 0 Å². The highest BCUT2D eigenvalue weighted by Gasteiger charge is 2.24. The minimum absolute atomic E-state index is 1.19. The van der Waals surface area contributed by atoms with Crippen molar-refractivity contribution in [3.63, 3.8) is 0 Å². The quantitative estimate of drug-likeness (QED) is 0.227.